The van der Waals surface area contributed by atoms with Crippen molar-refractivity contribution in [3.8, 4) is 11.5 Å². The molecule has 4 rings (SSSR count). The summed E-state index contributed by atoms with van der Waals surface area (Å²) in [6, 6.07) is 20.6. The van der Waals surface area contributed by atoms with Gasteiger partial charge in [0, 0.05) is 12.0 Å². The first kappa shape index (κ1) is 22.4. The highest BCUT2D eigenvalue weighted by Crippen LogP contribution is 2.37. The SMILES string of the molecule is O=S(=O)(NC1CCCCCC1)c1ccccc1C(c1ccc(O)cc1)c1ccc(O)cc1. The predicted molar refractivity (Wildman–Crippen MR) is 125 cm³/mol. The fourth-order valence-electron chi connectivity index (χ4n) is 4.53. The van der Waals surface area contributed by atoms with Crippen LogP contribution in [0.1, 0.15) is 61.1 Å². The van der Waals surface area contributed by atoms with Gasteiger partial charge in [-0.2, -0.15) is 0 Å². The molecule has 3 aromatic carbocycles. The zero-order chi connectivity index (χ0) is 22.6. The minimum Gasteiger partial charge on any atom is -0.508 e. The Kier molecular flexibility index (Phi) is 6.82. The number of phenols is 2. The fraction of sp³-hybridized carbons (Fsp3) is 0.308. The number of hydrogen-bond acceptors (Lipinski definition) is 4. The van der Waals surface area contributed by atoms with Crippen molar-refractivity contribution in [1.29, 1.82) is 0 Å². The van der Waals surface area contributed by atoms with Crippen LogP contribution in [0.5, 0.6) is 11.5 Å². The Labute approximate surface area is 189 Å². The van der Waals surface area contributed by atoms with Crippen molar-refractivity contribution < 1.29 is 18.6 Å². The number of sulfonamides is 1. The van der Waals surface area contributed by atoms with Gasteiger partial charge < -0.3 is 10.2 Å². The van der Waals surface area contributed by atoms with Crippen molar-refractivity contribution in [2.24, 2.45) is 0 Å². The van der Waals surface area contributed by atoms with Crippen LogP contribution >= 0.6 is 0 Å². The zero-order valence-corrected chi connectivity index (χ0v) is 18.8. The maximum atomic E-state index is 13.5. The summed E-state index contributed by atoms with van der Waals surface area (Å²) in [6.45, 7) is 0. The van der Waals surface area contributed by atoms with Gasteiger partial charge in [0.05, 0.1) is 4.90 Å². The van der Waals surface area contributed by atoms with Gasteiger partial charge >= 0.3 is 0 Å². The molecule has 1 saturated carbocycles. The summed E-state index contributed by atoms with van der Waals surface area (Å²) in [5, 5.41) is 19.5. The minimum atomic E-state index is -3.73. The fourth-order valence-corrected chi connectivity index (χ4v) is 6.08. The van der Waals surface area contributed by atoms with E-state index in [1.807, 2.05) is 12.1 Å². The quantitative estimate of drug-likeness (QED) is 0.352. The smallest absolute Gasteiger partial charge is 0.241 e. The van der Waals surface area contributed by atoms with E-state index in [9.17, 15) is 18.6 Å². The lowest BCUT2D eigenvalue weighted by Gasteiger charge is -2.23. The van der Waals surface area contributed by atoms with Gasteiger partial charge in [-0.05, 0) is 59.9 Å². The van der Waals surface area contributed by atoms with Crippen LogP contribution in [-0.4, -0.2) is 24.7 Å². The number of hydrogen-bond donors (Lipinski definition) is 3. The Bertz CT molecular complexity index is 1090. The van der Waals surface area contributed by atoms with Gasteiger partial charge in [-0.3, -0.25) is 0 Å². The first-order valence-electron chi connectivity index (χ1n) is 11.1. The van der Waals surface area contributed by atoms with Crippen molar-refractivity contribution in [2.75, 3.05) is 0 Å². The van der Waals surface area contributed by atoms with E-state index in [-0.39, 0.29) is 28.4 Å². The largest absolute Gasteiger partial charge is 0.508 e. The number of nitrogens with one attached hydrogen (secondary N) is 1. The molecule has 168 valence electrons. The summed E-state index contributed by atoms with van der Waals surface area (Å²) in [7, 11) is -3.73. The maximum absolute atomic E-state index is 13.5. The van der Waals surface area contributed by atoms with E-state index in [1.165, 1.54) is 0 Å². The summed E-state index contributed by atoms with van der Waals surface area (Å²) >= 11 is 0. The predicted octanol–water partition coefficient (Wildman–Crippen LogP) is 5.28. The lowest BCUT2D eigenvalue weighted by Crippen LogP contribution is -2.35. The number of phenolic OH excluding ortho intramolecular Hbond substituents is 2. The molecule has 0 aromatic heterocycles. The highest BCUT2D eigenvalue weighted by Gasteiger charge is 2.28. The third kappa shape index (κ3) is 5.14. The minimum absolute atomic E-state index is 0.0450. The normalized spacial score (nSPS) is 15.5. The van der Waals surface area contributed by atoms with Gasteiger partial charge in [0.15, 0.2) is 0 Å². The molecule has 3 aromatic rings. The summed E-state index contributed by atoms with van der Waals surface area (Å²) in [5.74, 6) is -0.0820. The Morgan fingerprint density at radius 2 is 1.22 bits per heavy atom. The van der Waals surface area contributed by atoms with Crippen LogP contribution < -0.4 is 4.72 Å². The number of rotatable bonds is 6. The molecule has 0 amide bonds. The van der Waals surface area contributed by atoms with E-state index in [1.54, 1.807) is 60.7 Å². The van der Waals surface area contributed by atoms with Crippen LogP contribution in [0.4, 0.5) is 0 Å². The summed E-state index contributed by atoms with van der Waals surface area (Å²) < 4.78 is 30.0. The molecule has 1 fully saturated rings. The van der Waals surface area contributed by atoms with Gasteiger partial charge in [-0.1, -0.05) is 68.1 Å². The van der Waals surface area contributed by atoms with Gasteiger partial charge in [-0.15, -0.1) is 0 Å². The van der Waals surface area contributed by atoms with Crippen LogP contribution in [0.3, 0.4) is 0 Å². The molecule has 1 aliphatic carbocycles. The van der Waals surface area contributed by atoms with E-state index < -0.39 is 10.0 Å². The molecular weight excluding hydrogens is 422 g/mol. The van der Waals surface area contributed by atoms with E-state index >= 15 is 0 Å². The number of aromatic hydroxyl groups is 2. The molecule has 0 atom stereocenters. The van der Waals surface area contributed by atoms with E-state index in [4.69, 9.17) is 0 Å². The van der Waals surface area contributed by atoms with Crippen LogP contribution in [-0.2, 0) is 10.0 Å². The van der Waals surface area contributed by atoms with Gasteiger partial charge in [0.25, 0.3) is 0 Å². The Morgan fingerprint density at radius 1 is 0.719 bits per heavy atom. The molecule has 5 nitrogen and oxygen atoms in total. The van der Waals surface area contributed by atoms with Crippen LogP contribution in [0.2, 0.25) is 0 Å². The molecule has 0 aliphatic heterocycles. The molecule has 0 radical (unpaired) electrons. The monoisotopic (exact) mass is 451 g/mol. The average molecular weight is 452 g/mol. The van der Waals surface area contributed by atoms with Crippen molar-refractivity contribution in [3.63, 3.8) is 0 Å². The second-order valence-electron chi connectivity index (χ2n) is 8.46. The van der Waals surface area contributed by atoms with Crippen molar-refractivity contribution in [2.45, 2.75) is 55.4 Å². The third-order valence-electron chi connectivity index (χ3n) is 6.15. The van der Waals surface area contributed by atoms with E-state index in [0.717, 1.165) is 49.7 Å². The topological polar surface area (TPSA) is 86.6 Å². The lowest BCUT2D eigenvalue weighted by molar-refractivity contribution is 0.475. The van der Waals surface area contributed by atoms with Crippen molar-refractivity contribution >= 4 is 10.0 Å². The van der Waals surface area contributed by atoms with Crippen molar-refractivity contribution in [1.82, 2.24) is 4.72 Å². The van der Waals surface area contributed by atoms with Crippen LogP contribution in [0, 0.1) is 0 Å². The summed E-state index contributed by atoms with van der Waals surface area (Å²) in [4.78, 5) is 0.260. The maximum Gasteiger partial charge on any atom is 0.241 e. The molecule has 32 heavy (non-hydrogen) atoms. The molecule has 0 spiro atoms. The van der Waals surface area contributed by atoms with Gasteiger partial charge in [0.2, 0.25) is 10.0 Å². The third-order valence-corrected chi connectivity index (χ3v) is 7.74. The Hall–Kier alpha value is -2.83. The second kappa shape index (κ2) is 9.76. The molecule has 0 unspecified atom stereocenters. The Balaban J connectivity index is 1.78. The molecule has 1 aliphatic rings. The first-order chi connectivity index (χ1) is 15.4. The van der Waals surface area contributed by atoms with Crippen molar-refractivity contribution in [3.05, 3.63) is 89.5 Å². The summed E-state index contributed by atoms with van der Waals surface area (Å²) in [6.07, 6.45) is 6.11. The molecular formula is C26H29NO4S. The van der Waals surface area contributed by atoms with E-state index in [2.05, 4.69) is 4.72 Å². The second-order valence-corrected chi connectivity index (χ2v) is 10.1. The molecule has 0 bridgehead atoms. The van der Waals surface area contributed by atoms with Crippen LogP contribution in [0.15, 0.2) is 77.7 Å². The average Bonchev–Trinajstić information content (AvgIpc) is 3.05. The van der Waals surface area contributed by atoms with Gasteiger partial charge in [-0.25, -0.2) is 13.1 Å². The van der Waals surface area contributed by atoms with Crippen LogP contribution in [0.25, 0.3) is 0 Å². The first-order valence-corrected chi connectivity index (χ1v) is 12.6. The summed E-state index contributed by atoms with van der Waals surface area (Å²) in [5.41, 5.74) is 2.36. The lowest BCUT2D eigenvalue weighted by atomic mass is 9.85. The van der Waals surface area contributed by atoms with Gasteiger partial charge in [0.1, 0.15) is 11.5 Å². The molecule has 6 heteroatoms. The molecule has 0 heterocycles. The highest BCUT2D eigenvalue weighted by molar-refractivity contribution is 7.89. The number of benzene rings is 3. The van der Waals surface area contributed by atoms with E-state index in [0.29, 0.717) is 5.56 Å². The molecule has 0 saturated heterocycles. The Morgan fingerprint density at radius 3 is 1.75 bits per heavy atom. The zero-order valence-electron chi connectivity index (χ0n) is 17.9. The highest BCUT2D eigenvalue weighted by atomic mass is 32.2. The standard InChI is InChI=1S/C26H29NO4S/c28-22-15-11-19(12-16-22)26(20-13-17-23(29)18-14-20)24-9-5-6-10-25(24)32(30,31)27-21-7-3-1-2-4-8-21/h5-6,9-18,21,26-29H,1-4,7-8H2. The molecule has 3 N–H and O–H groups in total.